The lowest BCUT2D eigenvalue weighted by atomic mass is 10.0. The van der Waals surface area contributed by atoms with Crippen LogP contribution in [0.1, 0.15) is 28.4 Å². The molecule has 0 saturated carbocycles. The molecular formula is C11H8F3NO3. The van der Waals surface area contributed by atoms with E-state index in [1.54, 1.807) is 0 Å². The number of ether oxygens (including phenoxy) is 1. The number of carbonyl (C=O) groups is 1. The predicted octanol–water partition coefficient (Wildman–Crippen LogP) is 2.46. The molecule has 7 heteroatoms. The molecule has 0 heterocycles. The summed E-state index contributed by atoms with van der Waals surface area (Å²) >= 11 is 0. The first-order chi connectivity index (χ1) is 8.31. The summed E-state index contributed by atoms with van der Waals surface area (Å²) in [5, 5.41) is 17.9. The number of aromatic hydroxyl groups is 1. The Morgan fingerprint density at radius 3 is 2.56 bits per heavy atom. The van der Waals surface area contributed by atoms with Gasteiger partial charge in [-0.2, -0.15) is 18.4 Å². The molecule has 0 aliphatic carbocycles. The number of carbonyl (C=O) groups excluding carboxylic acids is 1. The van der Waals surface area contributed by atoms with Crippen molar-refractivity contribution in [2.45, 2.75) is 13.1 Å². The van der Waals surface area contributed by atoms with Gasteiger partial charge < -0.3 is 9.84 Å². The van der Waals surface area contributed by atoms with Crippen LogP contribution in [0.15, 0.2) is 12.1 Å². The van der Waals surface area contributed by atoms with Gasteiger partial charge in [0.15, 0.2) is 0 Å². The number of esters is 1. The molecule has 0 spiro atoms. The highest BCUT2D eigenvalue weighted by Crippen LogP contribution is 2.38. The molecule has 1 aromatic carbocycles. The monoisotopic (exact) mass is 259 g/mol. The second kappa shape index (κ2) is 4.96. The lowest BCUT2D eigenvalue weighted by Crippen LogP contribution is -2.11. The SMILES string of the molecule is CCOC(=O)c1cc(C#N)c(O)c(C(F)(F)F)c1. The highest BCUT2D eigenvalue weighted by atomic mass is 19.4. The molecule has 0 aliphatic rings. The maximum absolute atomic E-state index is 12.6. The fourth-order valence-electron chi connectivity index (χ4n) is 1.27. The lowest BCUT2D eigenvalue weighted by Gasteiger charge is -2.11. The van der Waals surface area contributed by atoms with Gasteiger partial charge in [-0.05, 0) is 19.1 Å². The third-order valence-electron chi connectivity index (χ3n) is 2.05. The number of nitrogens with zero attached hydrogens (tertiary/aromatic N) is 1. The Hall–Kier alpha value is -2.23. The summed E-state index contributed by atoms with van der Waals surface area (Å²) in [6, 6.07) is 2.69. The molecule has 0 amide bonds. The topological polar surface area (TPSA) is 70.3 Å². The molecule has 0 bridgehead atoms. The summed E-state index contributed by atoms with van der Waals surface area (Å²) < 4.78 is 42.3. The Bertz CT molecular complexity index is 517. The number of nitriles is 1. The van der Waals surface area contributed by atoms with Gasteiger partial charge in [-0.25, -0.2) is 4.79 Å². The zero-order valence-corrected chi connectivity index (χ0v) is 9.21. The van der Waals surface area contributed by atoms with Gasteiger partial charge in [0.25, 0.3) is 0 Å². The van der Waals surface area contributed by atoms with E-state index in [0.717, 1.165) is 6.07 Å². The summed E-state index contributed by atoms with van der Waals surface area (Å²) in [6.45, 7) is 1.48. The standard InChI is InChI=1S/C11H8F3NO3/c1-2-18-10(17)6-3-7(5-15)9(16)8(4-6)11(12,13)14/h3-4,16H,2H2,1H3. The van der Waals surface area contributed by atoms with E-state index >= 15 is 0 Å². The van der Waals surface area contributed by atoms with Gasteiger partial charge >= 0.3 is 12.1 Å². The molecule has 1 rings (SSSR count). The molecule has 4 nitrogen and oxygen atoms in total. The summed E-state index contributed by atoms with van der Waals surface area (Å²) in [4.78, 5) is 11.3. The molecule has 96 valence electrons. The predicted molar refractivity (Wildman–Crippen MR) is 53.8 cm³/mol. The summed E-state index contributed by atoms with van der Waals surface area (Å²) in [5.74, 6) is -2.18. The van der Waals surface area contributed by atoms with Crippen molar-refractivity contribution in [3.8, 4) is 11.8 Å². The van der Waals surface area contributed by atoms with Crippen LogP contribution in [0.25, 0.3) is 0 Å². The van der Waals surface area contributed by atoms with Crippen LogP contribution < -0.4 is 0 Å². The maximum Gasteiger partial charge on any atom is 0.420 e. The zero-order chi connectivity index (χ0) is 13.9. The smallest absolute Gasteiger partial charge is 0.420 e. The average molecular weight is 259 g/mol. The highest BCUT2D eigenvalue weighted by molar-refractivity contribution is 5.90. The Balaban J connectivity index is 3.41. The number of phenolic OH excluding ortho intramolecular Hbond substituents is 1. The fraction of sp³-hybridized carbons (Fsp3) is 0.273. The molecule has 0 saturated heterocycles. The highest BCUT2D eigenvalue weighted by Gasteiger charge is 2.36. The number of alkyl halides is 3. The second-order valence-corrected chi connectivity index (χ2v) is 3.25. The molecule has 1 aromatic rings. The molecule has 0 unspecified atom stereocenters. The Labute approximate surface area is 100 Å². The van der Waals surface area contributed by atoms with E-state index in [1.807, 2.05) is 0 Å². The van der Waals surface area contributed by atoms with Crippen LogP contribution in [0.4, 0.5) is 13.2 Å². The molecule has 0 aromatic heterocycles. The molecule has 1 N–H and O–H groups in total. The van der Waals surface area contributed by atoms with Crippen LogP contribution in [0.5, 0.6) is 5.75 Å². The number of halogens is 3. The molecule has 0 fully saturated rings. The van der Waals surface area contributed by atoms with E-state index in [1.165, 1.54) is 13.0 Å². The molecule has 0 radical (unpaired) electrons. The van der Waals surface area contributed by atoms with Crippen molar-refractivity contribution in [1.82, 2.24) is 0 Å². The second-order valence-electron chi connectivity index (χ2n) is 3.25. The van der Waals surface area contributed by atoms with Crippen molar-refractivity contribution in [2.24, 2.45) is 0 Å². The molecular weight excluding hydrogens is 251 g/mol. The van der Waals surface area contributed by atoms with Gasteiger partial charge in [0, 0.05) is 0 Å². The van der Waals surface area contributed by atoms with Gasteiger partial charge in [-0.3, -0.25) is 0 Å². The lowest BCUT2D eigenvalue weighted by molar-refractivity contribution is -0.138. The van der Waals surface area contributed by atoms with E-state index in [4.69, 9.17) is 5.26 Å². The van der Waals surface area contributed by atoms with Crippen molar-refractivity contribution < 1.29 is 27.8 Å². The Morgan fingerprint density at radius 2 is 2.11 bits per heavy atom. The number of benzene rings is 1. The largest absolute Gasteiger partial charge is 0.506 e. The van der Waals surface area contributed by atoms with Crippen LogP contribution >= 0.6 is 0 Å². The first-order valence-electron chi connectivity index (χ1n) is 4.82. The van der Waals surface area contributed by atoms with E-state index < -0.39 is 34.6 Å². The van der Waals surface area contributed by atoms with Crippen molar-refractivity contribution in [2.75, 3.05) is 6.61 Å². The first-order valence-corrected chi connectivity index (χ1v) is 4.82. The van der Waals surface area contributed by atoms with Crippen LogP contribution in [0.2, 0.25) is 0 Å². The third-order valence-corrected chi connectivity index (χ3v) is 2.05. The van der Waals surface area contributed by atoms with E-state index in [2.05, 4.69) is 4.74 Å². The summed E-state index contributed by atoms with van der Waals surface area (Å²) in [5.41, 5.74) is -2.50. The summed E-state index contributed by atoms with van der Waals surface area (Å²) in [6.07, 6.45) is -4.86. The average Bonchev–Trinajstić information content (AvgIpc) is 2.28. The quantitative estimate of drug-likeness (QED) is 0.828. The van der Waals surface area contributed by atoms with Crippen molar-refractivity contribution in [3.63, 3.8) is 0 Å². The van der Waals surface area contributed by atoms with Gasteiger partial charge in [-0.1, -0.05) is 0 Å². The van der Waals surface area contributed by atoms with Crippen LogP contribution in [-0.4, -0.2) is 17.7 Å². The Kier molecular flexibility index (Phi) is 3.81. The third kappa shape index (κ3) is 2.71. The molecule has 0 aliphatic heterocycles. The van der Waals surface area contributed by atoms with Gasteiger partial charge in [0.1, 0.15) is 11.8 Å². The van der Waals surface area contributed by atoms with Crippen molar-refractivity contribution in [1.29, 1.82) is 5.26 Å². The Morgan fingerprint density at radius 1 is 1.50 bits per heavy atom. The van der Waals surface area contributed by atoms with Crippen LogP contribution in [0.3, 0.4) is 0 Å². The summed E-state index contributed by atoms with van der Waals surface area (Å²) in [7, 11) is 0. The molecule has 0 atom stereocenters. The van der Waals surface area contributed by atoms with Gasteiger partial charge in [0.2, 0.25) is 0 Å². The first kappa shape index (κ1) is 13.8. The minimum atomic E-state index is -4.86. The van der Waals surface area contributed by atoms with E-state index in [9.17, 15) is 23.1 Å². The maximum atomic E-state index is 12.6. The fourth-order valence-corrected chi connectivity index (χ4v) is 1.27. The zero-order valence-electron chi connectivity index (χ0n) is 9.21. The minimum absolute atomic E-state index is 0.0110. The number of phenols is 1. The number of rotatable bonds is 2. The van der Waals surface area contributed by atoms with Crippen LogP contribution in [0, 0.1) is 11.3 Å². The molecule has 18 heavy (non-hydrogen) atoms. The number of hydrogen-bond donors (Lipinski definition) is 1. The van der Waals surface area contributed by atoms with Gasteiger partial charge in [0.05, 0.1) is 23.3 Å². The van der Waals surface area contributed by atoms with Crippen molar-refractivity contribution >= 4 is 5.97 Å². The van der Waals surface area contributed by atoms with Gasteiger partial charge in [-0.15, -0.1) is 0 Å². The van der Waals surface area contributed by atoms with Crippen molar-refractivity contribution in [3.05, 3.63) is 28.8 Å². The van der Waals surface area contributed by atoms with Crippen LogP contribution in [-0.2, 0) is 10.9 Å². The number of hydrogen-bond acceptors (Lipinski definition) is 4. The van der Waals surface area contributed by atoms with E-state index in [0.29, 0.717) is 6.07 Å². The van der Waals surface area contributed by atoms with E-state index in [-0.39, 0.29) is 6.61 Å². The normalized spacial score (nSPS) is 10.8. The minimum Gasteiger partial charge on any atom is -0.506 e.